The molecule has 0 heterocycles. The molecule has 0 aliphatic heterocycles. The van der Waals surface area contributed by atoms with Gasteiger partial charge in [-0.05, 0) is 24.3 Å². The maximum Gasteiger partial charge on any atom is 0.288 e. The molecule has 3 N–H and O–H groups in total. The third-order valence-corrected chi connectivity index (χ3v) is 5.41. The summed E-state index contributed by atoms with van der Waals surface area (Å²) in [6, 6.07) is 8.74. The minimum absolute atomic E-state index is 0.744. The molecular formula is C13H11F2N3O4S2. The largest absolute Gasteiger partial charge is 0.368 e. The first-order valence-electron chi connectivity index (χ1n) is 6.26. The van der Waals surface area contributed by atoms with Crippen molar-refractivity contribution in [2.75, 3.05) is 0 Å². The van der Waals surface area contributed by atoms with Crippen LogP contribution in [0.3, 0.4) is 0 Å². The molecule has 0 fully saturated rings. The average molecular weight is 375 g/mol. The van der Waals surface area contributed by atoms with E-state index in [4.69, 9.17) is 5.73 Å². The van der Waals surface area contributed by atoms with Crippen LogP contribution in [0.25, 0.3) is 0 Å². The number of rotatable bonds is 4. The Labute approximate surface area is 136 Å². The standard InChI is InChI=1S/C13H11F2N3O4S2/c14-9-5-1-3-7-11(9)23(19,20)17-13(16)18-24(21,22)12-8-4-2-6-10(12)15/h1-8H,(H3,16,17,18). The molecule has 0 spiro atoms. The number of hydrogen-bond acceptors (Lipinski definition) is 4. The lowest BCUT2D eigenvalue weighted by Gasteiger charge is -2.08. The molecule has 2 aromatic carbocycles. The fourth-order valence-corrected chi connectivity index (χ4v) is 3.75. The van der Waals surface area contributed by atoms with Crippen LogP contribution in [0.4, 0.5) is 8.78 Å². The van der Waals surface area contributed by atoms with E-state index in [0.717, 1.165) is 24.3 Å². The Bertz CT molecular complexity index is 1010. The number of nitrogens with one attached hydrogen (secondary N) is 1. The summed E-state index contributed by atoms with van der Waals surface area (Å²) in [7, 11) is -9.08. The van der Waals surface area contributed by atoms with Gasteiger partial charge in [0.15, 0.2) is 0 Å². The molecule has 0 aromatic heterocycles. The minimum Gasteiger partial charge on any atom is -0.368 e. The lowest BCUT2D eigenvalue weighted by molar-refractivity contribution is 0.564. The van der Waals surface area contributed by atoms with Gasteiger partial charge in [0, 0.05) is 0 Å². The molecule has 0 amide bonds. The molecule has 128 valence electrons. The summed E-state index contributed by atoms with van der Waals surface area (Å²) < 4.78 is 79.5. The second kappa shape index (κ2) is 6.53. The Hall–Kier alpha value is -2.53. The van der Waals surface area contributed by atoms with Crippen LogP contribution in [0.2, 0.25) is 0 Å². The summed E-state index contributed by atoms with van der Waals surface area (Å²) in [4.78, 5) is -1.52. The Morgan fingerprint density at radius 1 is 0.875 bits per heavy atom. The van der Waals surface area contributed by atoms with Crippen LogP contribution in [-0.4, -0.2) is 22.8 Å². The highest BCUT2D eigenvalue weighted by Crippen LogP contribution is 2.16. The van der Waals surface area contributed by atoms with Crippen molar-refractivity contribution in [3.63, 3.8) is 0 Å². The van der Waals surface area contributed by atoms with E-state index in [0.29, 0.717) is 0 Å². The SMILES string of the molecule is NC(=NS(=O)(=O)c1ccccc1F)NS(=O)(=O)c1ccccc1F. The number of hydrogen-bond donors (Lipinski definition) is 2. The molecule has 0 bridgehead atoms. The first-order valence-corrected chi connectivity index (χ1v) is 9.18. The Balaban J connectivity index is 2.36. The number of nitrogens with zero attached hydrogens (tertiary/aromatic N) is 1. The van der Waals surface area contributed by atoms with Crippen LogP contribution in [0.5, 0.6) is 0 Å². The molecule has 0 aliphatic rings. The predicted molar refractivity (Wildman–Crippen MR) is 81.9 cm³/mol. The summed E-state index contributed by atoms with van der Waals surface area (Å²) in [5, 5.41) is 0. The minimum atomic E-state index is -4.59. The molecule has 0 radical (unpaired) electrons. The van der Waals surface area contributed by atoms with Gasteiger partial charge in [0.05, 0.1) is 0 Å². The van der Waals surface area contributed by atoms with Gasteiger partial charge >= 0.3 is 0 Å². The molecule has 0 unspecified atom stereocenters. The number of sulfonamides is 2. The molecule has 11 heteroatoms. The van der Waals surface area contributed by atoms with Gasteiger partial charge in [-0.3, -0.25) is 0 Å². The lowest BCUT2D eigenvalue weighted by atomic mass is 10.4. The molecular weight excluding hydrogens is 364 g/mol. The predicted octanol–water partition coefficient (Wildman–Crippen LogP) is 0.947. The highest BCUT2D eigenvalue weighted by atomic mass is 32.2. The van der Waals surface area contributed by atoms with E-state index in [1.165, 1.54) is 24.3 Å². The van der Waals surface area contributed by atoms with Gasteiger partial charge in [-0.2, -0.15) is 8.42 Å². The maximum absolute atomic E-state index is 13.5. The summed E-state index contributed by atoms with van der Waals surface area (Å²) in [5.74, 6) is -3.19. The fraction of sp³-hybridized carbons (Fsp3) is 0. The topological polar surface area (TPSA) is 119 Å². The van der Waals surface area contributed by atoms with E-state index in [-0.39, 0.29) is 0 Å². The zero-order valence-corrected chi connectivity index (χ0v) is 13.5. The highest BCUT2D eigenvalue weighted by molar-refractivity contribution is 7.91. The van der Waals surface area contributed by atoms with Crippen molar-refractivity contribution in [1.29, 1.82) is 0 Å². The number of halogens is 2. The van der Waals surface area contributed by atoms with Crippen LogP contribution in [0.1, 0.15) is 0 Å². The Morgan fingerprint density at radius 3 is 1.83 bits per heavy atom. The van der Waals surface area contributed by atoms with E-state index >= 15 is 0 Å². The molecule has 2 aromatic rings. The van der Waals surface area contributed by atoms with E-state index < -0.39 is 47.4 Å². The number of guanidine groups is 1. The van der Waals surface area contributed by atoms with Gasteiger partial charge in [0.2, 0.25) is 5.96 Å². The first kappa shape index (κ1) is 17.8. The van der Waals surface area contributed by atoms with Crippen molar-refractivity contribution < 1.29 is 25.6 Å². The maximum atomic E-state index is 13.5. The van der Waals surface area contributed by atoms with E-state index in [1.807, 2.05) is 0 Å². The lowest BCUT2D eigenvalue weighted by Crippen LogP contribution is -2.37. The second-order valence-electron chi connectivity index (χ2n) is 4.42. The van der Waals surface area contributed by atoms with Crippen molar-refractivity contribution in [2.45, 2.75) is 9.79 Å². The van der Waals surface area contributed by atoms with Crippen molar-refractivity contribution in [3.8, 4) is 0 Å². The Kier molecular flexibility index (Phi) is 4.85. The van der Waals surface area contributed by atoms with Crippen molar-refractivity contribution in [3.05, 3.63) is 60.2 Å². The van der Waals surface area contributed by atoms with Crippen molar-refractivity contribution in [1.82, 2.24) is 4.72 Å². The van der Waals surface area contributed by atoms with E-state index in [9.17, 15) is 25.6 Å². The van der Waals surface area contributed by atoms with Crippen LogP contribution >= 0.6 is 0 Å². The van der Waals surface area contributed by atoms with Crippen molar-refractivity contribution in [2.24, 2.45) is 10.1 Å². The van der Waals surface area contributed by atoms with Crippen molar-refractivity contribution >= 4 is 26.0 Å². The number of nitrogens with two attached hydrogens (primary N) is 1. The zero-order valence-electron chi connectivity index (χ0n) is 11.8. The fourth-order valence-electron chi connectivity index (χ4n) is 1.71. The third kappa shape index (κ3) is 3.86. The van der Waals surface area contributed by atoms with Gasteiger partial charge in [0.25, 0.3) is 20.0 Å². The van der Waals surface area contributed by atoms with Crippen LogP contribution < -0.4 is 10.5 Å². The highest BCUT2D eigenvalue weighted by Gasteiger charge is 2.22. The summed E-state index contributed by atoms with van der Waals surface area (Å²) in [6.45, 7) is 0. The molecule has 24 heavy (non-hydrogen) atoms. The van der Waals surface area contributed by atoms with Crippen LogP contribution in [-0.2, 0) is 20.0 Å². The summed E-state index contributed by atoms with van der Waals surface area (Å²) >= 11 is 0. The van der Waals surface area contributed by atoms with Crippen LogP contribution in [0.15, 0.2) is 62.7 Å². The van der Waals surface area contributed by atoms with Gasteiger partial charge in [-0.25, -0.2) is 21.9 Å². The monoisotopic (exact) mass is 375 g/mol. The number of benzene rings is 2. The third-order valence-electron chi connectivity index (χ3n) is 2.70. The quantitative estimate of drug-likeness (QED) is 0.609. The molecule has 0 atom stereocenters. The van der Waals surface area contributed by atoms with E-state index in [1.54, 1.807) is 4.72 Å². The second-order valence-corrected chi connectivity index (χ2v) is 7.64. The molecule has 2 rings (SSSR count). The smallest absolute Gasteiger partial charge is 0.288 e. The normalized spacial score (nSPS) is 12.8. The molecule has 0 saturated carbocycles. The summed E-state index contributed by atoms with van der Waals surface area (Å²) in [5.41, 5.74) is 5.26. The molecule has 0 saturated heterocycles. The Morgan fingerprint density at radius 2 is 1.33 bits per heavy atom. The molecule has 0 aliphatic carbocycles. The van der Waals surface area contributed by atoms with Gasteiger partial charge < -0.3 is 5.73 Å². The zero-order chi connectivity index (χ0) is 18.0. The average Bonchev–Trinajstić information content (AvgIpc) is 2.46. The van der Waals surface area contributed by atoms with E-state index in [2.05, 4.69) is 4.40 Å². The molecule has 7 nitrogen and oxygen atoms in total. The summed E-state index contributed by atoms with van der Waals surface area (Å²) in [6.07, 6.45) is 0. The first-order chi connectivity index (χ1) is 11.1. The van der Waals surface area contributed by atoms with Crippen LogP contribution in [0, 0.1) is 11.6 Å². The van der Waals surface area contributed by atoms with Gasteiger partial charge in [-0.15, -0.1) is 4.40 Å². The van der Waals surface area contributed by atoms with Gasteiger partial charge in [0.1, 0.15) is 21.4 Å². The van der Waals surface area contributed by atoms with Gasteiger partial charge in [-0.1, -0.05) is 24.3 Å².